The topological polar surface area (TPSA) is 26.3 Å². The van der Waals surface area contributed by atoms with Crippen molar-refractivity contribution >= 4 is 5.97 Å². The fourth-order valence-electron chi connectivity index (χ4n) is 0.949. The van der Waals surface area contributed by atoms with Gasteiger partial charge in [0.2, 0.25) is 0 Å². The van der Waals surface area contributed by atoms with Crippen molar-refractivity contribution in [3.63, 3.8) is 0 Å². The lowest BCUT2D eigenvalue weighted by Gasteiger charge is -2.16. The van der Waals surface area contributed by atoms with Crippen LogP contribution >= 0.6 is 0 Å². The predicted octanol–water partition coefficient (Wildman–Crippen LogP) is 3.32. The summed E-state index contributed by atoms with van der Waals surface area (Å²) < 4.78 is 5.12. The molecule has 0 atom stereocenters. The van der Waals surface area contributed by atoms with Crippen LogP contribution in [-0.4, -0.2) is 12.6 Å². The summed E-state index contributed by atoms with van der Waals surface area (Å²) in [6.45, 7) is 9.81. The van der Waals surface area contributed by atoms with Crippen LogP contribution in [0.15, 0.2) is 12.7 Å². The molecule has 0 N–H and O–H groups in total. The number of esters is 1. The summed E-state index contributed by atoms with van der Waals surface area (Å²) in [4.78, 5) is 11.3. The maximum absolute atomic E-state index is 11.3. The summed E-state index contributed by atoms with van der Waals surface area (Å²) in [7, 11) is 0. The second-order valence-corrected chi connectivity index (χ2v) is 4.52. The van der Waals surface area contributed by atoms with Crippen molar-refractivity contribution in [2.24, 2.45) is 5.41 Å². The van der Waals surface area contributed by atoms with E-state index in [4.69, 9.17) is 4.74 Å². The number of allylic oxidation sites excluding steroid dienone is 1. The van der Waals surface area contributed by atoms with Crippen molar-refractivity contribution < 1.29 is 9.53 Å². The van der Waals surface area contributed by atoms with Gasteiger partial charge in [-0.25, -0.2) is 0 Å². The van der Waals surface area contributed by atoms with E-state index in [9.17, 15) is 4.79 Å². The number of rotatable bonds is 6. The average Bonchev–Trinajstić information content (AvgIpc) is 2.09. The highest BCUT2D eigenvalue weighted by Crippen LogP contribution is 2.15. The molecule has 0 unspecified atom stereocenters. The van der Waals surface area contributed by atoms with Crippen molar-refractivity contribution in [2.75, 3.05) is 6.61 Å². The Hall–Kier alpha value is -0.790. The van der Waals surface area contributed by atoms with Crippen LogP contribution in [-0.2, 0) is 9.53 Å². The normalized spacial score (nSPS) is 11.1. The molecule has 82 valence electrons. The largest absolute Gasteiger partial charge is 0.465 e. The number of carbonyl (C=O) groups is 1. The minimum absolute atomic E-state index is 0.110. The van der Waals surface area contributed by atoms with E-state index in [0.29, 0.717) is 6.61 Å². The highest BCUT2D eigenvalue weighted by molar-refractivity contribution is 5.75. The molecule has 0 heterocycles. The summed E-state index contributed by atoms with van der Waals surface area (Å²) in [6.07, 6.45) is 6.16. The molecular formula is C12H22O2. The van der Waals surface area contributed by atoms with Gasteiger partial charge in [0.25, 0.3) is 0 Å². The van der Waals surface area contributed by atoms with Crippen LogP contribution in [0.2, 0.25) is 0 Å². The molecule has 0 amide bonds. The number of hydrogen-bond acceptors (Lipinski definition) is 2. The van der Waals surface area contributed by atoms with Crippen molar-refractivity contribution in [2.45, 2.75) is 46.5 Å². The molecule has 0 aliphatic heterocycles. The van der Waals surface area contributed by atoms with Gasteiger partial charge in [-0.1, -0.05) is 6.08 Å². The van der Waals surface area contributed by atoms with E-state index in [1.165, 1.54) is 0 Å². The van der Waals surface area contributed by atoms with Crippen LogP contribution in [0.1, 0.15) is 46.5 Å². The first-order valence-electron chi connectivity index (χ1n) is 5.26. The molecule has 2 nitrogen and oxygen atoms in total. The van der Waals surface area contributed by atoms with Crippen LogP contribution < -0.4 is 0 Å². The molecule has 14 heavy (non-hydrogen) atoms. The van der Waals surface area contributed by atoms with Gasteiger partial charge in [0.05, 0.1) is 12.0 Å². The monoisotopic (exact) mass is 198 g/mol. The first-order chi connectivity index (χ1) is 6.48. The van der Waals surface area contributed by atoms with Crippen LogP contribution in [0.4, 0.5) is 0 Å². The first kappa shape index (κ1) is 13.2. The van der Waals surface area contributed by atoms with Gasteiger partial charge in [-0.2, -0.15) is 0 Å². The van der Waals surface area contributed by atoms with Crippen LogP contribution in [0.3, 0.4) is 0 Å². The molecule has 0 radical (unpaired) electrons. The van der Waals surface area contributed by atoms with Gasteiger partial charge in [-0.3, -0.25) is 4.79 Å². The Morgan fingerprint density at radius 1 is 1.29 bits per heavy atom. The lowest BCUT2D eigenvalue weighted by atomic mass is 9.97. The van der Waals surface area contributed by atoms with E-state index >= 15 is 0 Å². The predicted molar refractivity (Wildman–Crippen MR) is 59.1 cm³/mol. The van der Waals surface area contributed by atoms with Crippen molar-refractivity contribution in [1.29, 1.82) is 0 Å². The smallest absolute Gasteiger partial charge is 0.311 e. The second-order valence-electron chi connectivity index (χ2n) is 4.52. The standard InChI is InChI=1S/C12H22O2/c1-5-6-7-8-9-10-14-11(13)12(2,3)4/h5H,1,6-10H2,2-4H3. The van der Waals surface area contributed by atoms with Gasteiger partial charge in [-0.05, 0) is 46.5 Å². The van der Waals surface area contributed by atoms with Crippen LogP contribution in [0.5, 0.6) is 0 Å². The molecule has 0 saturated heterocycles. The Balaban J connectivity index is 3.37. The fourth-order valence-corrected chi connectivity index (χ4v) is 0.949. The Morgan fingerprint density at radius 3 is 2.43 bits per heavy atom. The van der Waals surface area contributed by atoms with Gasteiger partial charge < -0.3 is 4.74 Å². The Morgan fingerprint density at radius 2 is 1.93 bits per heavy atom. The third-order valence-electron chi connectivity index (χ3n) is 1.90. The Bertz CT molecular complexity index is 177. The third-order valence-corrected chi connectivity index (χ3v) is 1.90. The van der Waals surface area contributed by atoms with E-state index in [2.05, 4.69) is 6.58 Å². The molecule has 0 bridgehead atoms. The highest BCUT2D eigenvalue weighted by atomic mass is 16.5. The van der Waals surface area contributed by atoms with Gasteiger partial charge >= 0.3 is 5.97 Å². The molecule has 0 fully saturated rings. The summed E-state index contributed by atoms with van der Waals surface area (Å²) >= 11 is 0. The summed E-state index contributed by atoms with van der Waals surface area (Å²) in [5.74, 6) is -0.110. The lowest BCUT2D eigenvalue weighted by Crippen LogP contribution is -2.23. The second kappa shape index (κ2) is 6.63. The average molecular weight is 198 g/mol. The van der Waals surface area contributed by atoms with E-state index in [0.717, 1.165) is 25.7 Å². The van der Waals surface area contributed by atoms with E-state index < -0.39 is 0 Å². The molecular weight excluding hydrogens is 176 g/mol. The molecule has 0 aliphatic carbocycles. The summed E-state index contributed by atoms with van der Waals surface area (Å²) in [6, 6.07) is 0. The zero-order valence-electron chi connectivity index (χ0n) is 9.64. The zero-order valence-corrected chi connectivity index (χ0v) is 9.64. The molecule has 0 spiro atoms. The number of ether oxygens (including phenoxy) is 1. The van der Waals surface area contributed by atoms with Crippen molar-refractivity contribution in [3.05, 3.63) is 12.7 Å². The van der Waals surface area contributed by atoms with Gasteiger partial charge in [0.15, 0.2) is 0 Å². The Kier molecular flexibility index (Phi) is 6.26. The highest BCUT2D eigenvalue weighted by Gasteiger charge is 2.22. The van der Waals surface area contributed by atoms with E-state index in [1.807, 2.05) is 26.8 Å². The summed E-state index contributed by atoms with van der Waals surface area (Å²) in [5, 5.41) is 0. The molecule has 0 rings (SSSR count). The Labute approximate surface area is 87.3 Å². The zero-order chi connectivity index (χ0) is 11.0. The van der Waals surface area contributed by atoms with E-state index in [-0.39, 0.29) is 11.4 Å². The van der Waals surface area contributed by atoms with Crippen LogP contribution in [0.25, 0.3) is 0 Å². The van der Waals surface area contributed by atoms with Gasteiger partial charge in [0.1, 0.15) is 0 Å². The van der Waals surface area contributed by atoms with Crippen LogP contribution in [0, 0.1) is 5.41 Å². The van der Waals surface area contributed by atoms with E-state index in [1.54, 1.807) is 0 Å². The molecule has 0 aliphatic rings. The fraction of sp³-hybridized carbons (Fsp3) is 0.750. The number of hydrogen-bond donors (Lipinski definition) is 0. The van der Waals surface area contributed by atoms with Crippen molar-refractivity contribution in [1.82, 2.24) is 0 Å². The molecule has 2 heteroatoms. The third kappa shape index (κ3) is 6.70. The maximum atomic E-state index is 11.3. The lowest BCUT2D eigenvalue weighted by molar-refractivity contribution is -0.153. The minimum Gasteiger partial charge on any atom is -0.465 e. The molecule has 0 aromatic carbocycles. The minimum atomic E-state index is -0.374. The maximum Gasteiger partial charge on any atom is 0.311 e. The van der Waals surface area contributed by atoms with Crippen molar-refractivity contribution in [3.8, 4) is 0 Å². The number of carbonyl (C=O) groups excluding carboxylic acids is 1. The molecule has 0 aromatic heterocycles. The molecule has 0 aromatic rings. The first-order valence-corrected chi connectivity index (χ1v) is 5.26. The SMILES string of the molecule is C=CCCCCCOC(=O)C(C)(C)C. The number of unbranched alkanes of at least 4 members (excludes halogenated alkanes) is 3. The van der Waals surface area contributed by atoms with Gasteiger partial charge in [0, 0.05) is 0 Å². The molecule has 0 saturated carbocycles. The quantitative estimate of drug-likeness (QED) is 0.372. The van der Waals surface area contributed by atoms with Gasteiger partial charge in [-0.15, -0.1) is 6.58 Å². The summed E-state index contributed by atoms with van der Waals surface area (Å²) in [5.41, 5.74) is -0.374.